The molecule has 1 aliphatic heterocycles. The first kappa shape index (κ1) is 13.5. The fraction of sp³-hybridized carbons (Fsp3) is 0.583. The van der Waals surface area contributed by atoms with E-state index in [0.29, 0.717) is 25.6 Å². The van der Waals surface area contributed by atoms with Crippen molar-refractivity contribution in [3.63, 3.8) is 0 Å². The number of piperidine rings is 1. The Morgan fingerprint density at radius 2 is 2.39 bits per heavy atom. The quantitative estimate of drug-likeness (QED) is 0.892. The van der Waals surface area contributed by atoms with Gasteiger partial charge in [-0.3, -0.25) is 4.98 Å². The summed E-state index contributed by atoms with van der Waals surface area (Å²) in [5, 5.41) is 0. The van der Waals surface area contributed by atoms with Gasteiger partial charge in [-0.1, -0.05) is 13.0 Å². The maximum absolute atomic E-state index is 12.1. The zero-order valence-electron chi connectivity index (χ0n) is 10.5. The van der Waals surface area contributed by atoms with Gasteiger partial charge in [0.05, 0.1) is 0 Å². The van der Waals surface area contributed by atoms with Crippen LogP contribution in [-0.2, 0) is 16.8 Å². The van der Waals surface area contributed by atoms with Crippen LogP contribution >= 0.6 is 0 Å². The first-order valence-corrected chi connectivity index (χ1v) is 7.65. The van der Waals surface area contributed by atoms with Gasteiger partial charge in [-0.2, -0.15) is 17.4 Å². The number of hydrogen-bond donors (Lipinski definition) is 1. The molecule has 1 aromatic rings. The van der Waals surface area contributed by atoms with E-state index < -0.39 is 10.2 Å². The third-order valence-corrected chi connectivity index (χ3v) is 4.66. The highest BCUT2D eigenvalue weighted by atomic mass is 32.2. The van der Waals surface area contributed by atoms with Gasteiger partial charge in [0.15, 0.2) is 0 Å². The summed E-state index contributed by atoms with van der Waals surface area (Å²) in [4.78, 5) is 3.96. The molecule has 5 nitrogen and oxygen atoms in total. The van der Waals surface area contributed by atoms with Gasteiger partial charge in [-0.25, -0.2) is 0 Å². The summed E-state index contributed by atoms with van der Waals surface area (Å²) in [6.07, 6.45) is 5.38. The second kappa shape index (κ2) is 5.77. The Morgan fingerprint density at radius 3 is 3.06 bits per heavy atom. The van der Waals surface area contributed by atoms with Crippen LogP contribution in [0.25, 0.3) is 0 Å². The molecule has 0 spiro atoms. The zero-order valence-corrected chi connectivity index (χ0v) is 11.4. The standard InChI is InChI=1S/C12H19N3O2S/c1-11-4-3-7-15(10-11)18(16,17)14-9-12-5-2-6-13-8-12/h2,5-6,8,11,14H,3-4,7,9-10H2,1H3/t11-/m0/s1. The predicted octanol–water partition coefficient (Wildman–Crippen LogP) is 1.15. The summed E-state index contributed by atoms with van der Waals surface area (Å²) in [5.74, 6) is 0.439. The van der Waals surface area contributed by atoms with Crippen molar-refractivity contribution in [1.29, 1.82) is 0 Å². The molecule has 0 amide bonds. The summed E-state index contributed by atoms with van der Waals surface area (Å²) >= 11 is 0. The van der Waals surface area contributed by atoms with Crippen LogP contribution in [0.4, 0.5) is 0 Å². The first-order valence-electron chi connectivity index (χ1n) is 6.21. The van der Waals surface area contributed by atoms with E-state index in [1.807, 2.05) is 6.07 Å². The first-order chi connectivity index (χ1) is 8.58. The molecule has 0 bridgehead atoms. The maximum Gasteiger partial charge on any atom is 0.279 e. The molecule has 100 valence electrons. The van der Waals surface area contributed by atoms with Gasteiger partial charge in [-0.15, -0.1) is 0 Å². The number of pyridine rings is 1. The minimum absolute atomic E-state index is 0.293. The molecule has 1 saturated heterocycles. The molecule has 1 N–H and O–H groups in total. The van der Waals surface area contributed by atoms with Crippen LogP contribution in [0.2, 0.25) is 0 Å². The van der Waals surface area contributed by atoms with Crippen LogP contribution in [0, 0.1) is 5.92 Å². The van der Waals surface area contributed by atoms with Gasteiger partial charge in [0.25, 0.3) is 10.2 Å². The van der Waals surface area contributed by atoms with E-state index in [9.17, 15) is 8.42 Å². The van der Waals surface area contributed by atoms with Crippen LogP contribution in [-0.4, -0.2) is 30.8 Å². The zero-order chi connectivity index (χ0) is 13.0. The third kappa shape index (κ3) is 3.51. The molecule has 1 aliphatic rings. The van der Waals surface area contributed by atoms with Gasteiger partial charge in [0.2, 0.25) is 0 Å². The van der Waals surface area contributed by atoms with E-state index in [-0.39, 0.29) is 0 Å². The van der Waals surface area contributed by atoms with Crippen molar-refractivity contribution in [2.45, 2.75) is 26.3 Å². The molecular formula is C12H19N3O2S. The number of hydrogen-bond acceptors (Lipinski definition) is 3. The van der Waals surface area contributed by atoms with Crippen molar-refractivity contribution in [1.82, 2.24) is 14.0 Å². The SMILES string of the molecule is C[C@H]1CCCN(S(=O)(=O)NCc2cccnc2)C1. The Hall–Kier alpha value is -0.980. The average Bonchev–Trinajstić information content (AvgIpc) is 2.38. The molecule has 0 aromatic carbocycles. The molecule has 0 unspecified atom stereocenters. The smallest absolute Gasteiger partial charge is 0.264 e. The average molecular weight is 269 g/mol. The van der Waals surface area contributed by atoms with E-state index in [1.165, 1.54) is 4.31 Å². The monoisotopic (exact) mass is 269 g/mol. The van der Waals surface area contributed by atoms with Gasteiger partial charge >= 0.3 is 0 Å². The van der Waals surface area contributed by atoms with Crippen molar-refractivity contribution in [2.24, 2.45) is 5.92 Å². The molecule has 2 rings (SSSR count). The van der Waals surface area contributed by atoms with Crippen molar-refractivity contribution < 1.29 is 8.42 Å². The van der Waals surface area contributed by atoms with E-state index in [0.717, 1.165) is 18.4 Å². The normalized spacial score (nSPS) is 21.9. The van der Waals surface area contributed by atoms with Crippen molar-refractivity contribution in [2.75, 3.05) is 13.1 Å². The van der Waals surface area contributed by atoms with Crippen LogP contribution in [0.3, 0.4) is 0 Å². The number of aromatic nitrogens is 1. The summed E-state index contributed by atoms with van der Waals surface area (Å²) in [6.45, 7) is 3.61. The van der Waals surface area contributed by atoms with Gasteiger partial charge in [-0.05, 0) is 30.4 Å². The largest absolute Gasteiger partial charge is 0.279 e. The highest BCUT2D eigenvalue weighted by Gasteiger charge is 2.26. The Kier molecular flexibility index (Phi) is 4.31. The maximum atomic E-state index is 12.1. The lowest BCUT2D eigenvalue weighted by atomic mass is 10.0. The Labute approximate surface area is 108 Å². The van der Waals surface area contributed by atoms with Gasteiger partial charge in [0, 0.05) is 32.0 Å². The lowest BCUT2D eigenvalue weighted by molar-refractivity contribution is 0.278. The third-order valence-electron chi connectivity index (χ3n) is 3.14. The molecule has 1 atom stereocenters. The highest BCUT2D eigenvalue weighted by Crippen LogP contribution is 2.17. The fourth-order valence-corrected chi connectivity index (χ4v) is 3.48. The Bertz CT molecular complexity index is 475. The molecule has 1 fully saturated rings. The molecule has 18 heavy (non-hydrogen) atoms. The topological polar surface area (TPSA) is 62.3 Å². The molecular weight excluding hydrogens is 250 g/mol. The Balaban J connectivity index is 1.95. The van der Waals surface area contributed by atoms with Crippen molar-refractivity contribution in [3.8, 4) is 0 Å². The summed E-state index contributed by atoms with van der Waals surface area (Å²) in [5.41, 5.74) is 0.867. The fourth-order valence-electron chi connectivity index (χ4n) is 2.13. The van der Waals surface area contributed by atoms with Crippen molar-refractivity contribution in [3.05, 3.63) is 30.1 Å². The van der Waals surface area contributed by atoms with Crippen LogP contribution < -0.4 is 4.72 Å². The number of nitrogens with zero attached hydrogens (tertiary/aromatic N) is 2. The van der Waals surface area contributed by atoms with Gasteiger partial charge in [0.1, 0.15) is 0 Å². The number of rotatable bonds is 4. The lowest BCUT2D eigenvalue weighted by Crippen LogP contribution is -2.45. The molecule has 1 aromatic heterocycles. The summed E-state index contributed by atoms with van der Waals surface area (Å²) in [7, 11) is -3.36. The number of nitrogens with one attached hydrogen (secondary N) is 1. The van der Waals surface area contributed by atoms with Crippen LogP contribution in [0.5, 0.6) is 0 Å². The second-order valence-corrected chi connectivity index (χ2v) is 6.55. The highest BCUT2D eigenvalue weighted by molar-refractivity contribution is 7.87. The molecule has 0 saturated carbocycles. The molecule has 0 aliphatic carbocycles. The minimum Gasteiger partial charge on any atom is -0.264 e. The molecule has 6 heteroatoms. The molecule has 0 radical (unpaired) electrons. The van der Waals surface area contributed by atoms with E-state index in [4.69, 9.17) is 0 Å². The lowest BCUT2D eigenvalue weighted by Gasteiger charge is -2.29. The Morgan fingerprint density at radius 1 is 1.56 bits per heavy atom. The van der Waals surface area contributed by atoms with E-state index in [1.54, 1.807) is 18.5 Å². The van der Waals surface area contributed by atoms with Crippen LogP contribution in [0.1, 0.15) is 25.3 Å². The van der Waals surface area contributed by atoms with Crippen LogP contribution in [0.15, 0.2) is 24.5 Å². The predicted molar refractivity (Wildman–Crippen MR) is 70.0 cm³/mol. The van der Waals surface area contributed by atoms with E-state index in [2.05, 4.69) is 16.6 Å². The minimum atomic E-state index is -3.36. The second-order valence-electron chi connectivity index (χ2n) is 4.79. The summed E-state index contributed by atoms with van der Waals surface area (Å²) in [6, 6.07) is 3.65. The summed E-state index contributed by atoms with van der Waals surface area (Å²) < 4.78 is 28.4. The van der Waals surface area contributed by atoms with Crippen molar-refractivity contribution >= 4 is 10.2 Å². The molecule has 2 heterocycles. The van der Waals surface area contributed by atoms with E-state index >= 15 is 0 Å². The van der Waals surface area contributed by atoms with Gasteiger partial charge < -0.3 is 0 Å².